The van der Waals surface area contributed by atoms with E-state index >= 15 is 0 Å². The standard InChI is InChI=1S/C50H31N5O/c1-3-15-32(16-4-1)49-51-50(55(52-49)34-17-5-2-6-18-34)33-27-28-36-35-19-7-10-22-39(35)54(44(36)31-33)42-25-13-12-24-41(42)53-40-23-11-8-20-37(40)47-43(53)29-30-46-48(47)38-21-9-14-26-45(38)56-46/h1-31H. The van der Waals surface area contributed by atoms with Crippen molar-refractivity contribution < 1.29 is 4.42 Å². The highest BCUT2D eigenvalue weighted by Crippen LogP contribution is 2.43. The van der Waals surface area contributed by atoms with Crippen LogP contribution in [0.25, 0.3) is 105 Å². The Balaban J connectivity index is 1.14. The van der Waals surface area contributed by atoms with Gasteiger partial charge in [0.25, 0.3) is 0 Å². The normalized spacial score (nSPS) is 11.9. The minimum Gasteiger partial charge on any atom is -0.456 e. The molecular formula is C50H31N5O. The van der Waals surface area contributed by atoms with E-state index in [1.54, 1.807) is 0 Å². The maximum Gasteiger partial charge on any atom is 0.182 e. The predicted molar refractivity (Wildman–Crippen MR) is 228 cm³/mol. The molecular weight excluding hydrogens is 687 g/mol. The molecule has 0 radical (unpaired) electrons. The fourth-order valence-corrected chi connectivity index (χ4v) is 8.70. The SMILES string of the molecule is c1ccc(-c2nc(-c3ccc4c5ccccc5n(-c5ccccc5-n5c6ccccc6c6c7c(ccc65)oc5ccccc57)c4c3)n(-c3ccccc3)n2)cc1. The third kappa shape index (κ3) is 4.44. The Bertz CT molecular complexity index is 3480. The molecule has 4 heterocycles. The Kier molecular flexibility index (Phi) is 6.53. The van der Waals surface area contributed by atoms with Crippen molar-refractivity contribution in [3.05, 3.63) is 188 Å². The lowest BCUT2D eigenvalue weighted by molar-refractivity contribution is 0.669. The van der Waals surface area contributed by atoms with Gasteiger partial charge >= 0.3 is 0 Å². The Morgan fingerprint density at radius 2 is 1.00 bits per heavy atom. The van der Waals surface area contributed by atoms with Gasteiger partial charge < -0.3 is 13.6 Å². The van der Waals surface area contributed by atoms with E-state index in [2.05, 4.69) is 155 Å². The van der Waals surface area contributed by atoms with Gasteiger partial charge in [0.1, 0.15) is 11.2 Å². The van der Waals surface area contributed by atoms with Crippen LogP contribution in [0.5, 0.6) is 0 Å². The van der Waals surface area contributed by atoms with Crippen LogP contribution in [0.2, 0.25) is 0 Å². The van der Waals surface area contributed by atoms with Crippen LogP contribution in [-0.2, 0) is 0 Å². The monoisotopic (exact) mass is 717 g/mol. The molecule has 0 fully saturated rings. The summed E-state index contributed by atoms with van der Waals surface area (Å²) < 4.78 is 13.2. The van der Waals surface area contributed by atoms with Crippen molar-refractivity contribution in [2.45, 2.75) is 0 Å². The van der Waals surface area contributed by atoms with Gasteiger partial charge in [-0.1, -0.05) is 127 Å². The van der Waals surface area contributed by atoms with Crippen LogP contribution < -0.4 is 0 Å². The van der Waals surface area contributed by atoms with E-state index in [1.807, 2.05) is 47.1 Å². The predicted octanol–water partition coefficient (Wildman–Crippen LogP) is 12.7. The molecule has 0 bridgehead atoms. The number of aromatic nitrogens is 5. The van der Waals surface area contributed by atoms with Gasteiger partial charge in [0.05, 0.1) is 39.1 Å². The minimum absolute atomic E-state index is 0.682. The summed E-state index contributed by atoms with van der Waals surface area (Å²) in [6.07, 6.45) is 0. The highest BCUT2D eigenvalue weighted by molar-refractivity contribution is 6.27. The lowest BCUT2D eigenvalue weighted by atomic mass is 10.1. The van der Waals surface area contributed by atoms with Crippen molar-refractivity contribution in [3.8, 4) is 39.8 Å². The Morgan fingerprint density at radius 1 is 0.393 bits per heavy atom. The fourth-order valence-electron chi connectivity index (χ4n) is 8.70. The lowest BCUT2D eigenvalue weighted by Gasteiger charge is -2.17. The van der Waals surface area contributed by atoms with Crippen LogP contribution in [-0.4, -0.2) is 23.9 Å². The quantitative estimate of drug-likeness (QED) is 0.178. The molecule has 56 heavy (non-hydrogen) atoms. The molecule has 0 aliphatic heterocycles. The first-order valence-corrected chi connectivity index (χ1v) is 18.8. The number of rotatable bonds is 5. The molecule has 0 aliphatic carbocycles. The van der Waals surface area contributed by atoms with Gasteiger partial charge in [-0.25, -0.2) is 9.67 Å². The van der Waals surface area contributed by atoms with Crippen LogP contribution >= 0.6 is 0 Å². The highest BCUT2D eigenvalue weighted by Gasteiger charge is 2.23. The molecule has 0 unspecified atom stereocenters. The van der Waals surface area contributed by atoms with E-state index in [1.165, 1.54) is 21.5 Å². The zero-order valence-electron chi connectivity index (χ0n) is 30.0. The number of nitrogens with zero attached hydrogens (tertiary/aromatic N) is 5. The van der Waals surface area contributed by atoms with E-state index in [0.717, 1.165) is 78.0 Å². The fraction of sp³-hybridized carbons (Fsp3) is 0. The van der Waals surface area contributed by atoms with Crippen molar-refractivity contribution >= 4 is 65.6 Å². The van der Waals surface area contributed by atoms with Gasteiger partial charge in [0.2, 0.25) is 0 Å². The molecule has 0 N–H and O–H groups in total. The zero-order valence-corrected chi connectivity index (χ0v) is 30.0. The number of furan rings is 1. The summed E-state index contributed by atoms with van der Waals surface area (Å²) in [5.74, 6) is 1.46. The molecule has 0 spiro atoms. The first kappa shape index (κ1) is 30.7. The Labute approximate surface area is 320 Å². The smallest absolute Gasteiger partial charge is 0.182 e. The van der Waals surface area contributed by atoms with Crippen LogP contribution in [0.15, 0.2) is 192 Å². The Hall–Kier alpha value is -7.70. The molecule has 8 aromatic carbocycles. The van der Waals surface area contributed by atoms with Crippen LogP contribution in [0.1, 0.15) is 0 Å². The third-order valence-electron chi connectivity index (χ3n) is 11.1. The molecule has 0 atom stereocenters. The van der Waals surface area contributed by atoms with E-state index in [9.17, 15) is 0 Å². The van der Waals surface area contributed by atoms with Gasteiger partial charge in [-0.15, -0.1) is 5.10 Å². The van der Waals surface area contributed by atoms with Gasteiger partial charge in [0, 0.05) is 43.4 Å². The largest absolute Gasteiger partial charge is 0.456 e. The molecule has 12 aromatic rings. The molecule has 6 nitrogen and oxygen atoms in total. The molecule has 4 aromatic heterocycles. The summed E-state index contributed by atoms with van der Waals surface area (Å²) in [5, 5.41) is 12.1. The van der Waals surface area contributed by atoms with Gasteiger partial charge in [-0.3, -0.25) is 0 Å². The minimum atomic E-state index is 0.682. The molecule has 6 heteroatoms. The number of para-hydroxylation sites is 6. The third-order valence-corrected chi connectivity index (χ3v) is 11.1. The molecule has 0 amide bonds. The summed E-state index contributed by atoms with van der Waals surface area (Å²) in [6, 6.07) is 65.9. The van der Waals surface area contributed by atoms with Crippen LogP contribution in [0, 0.1) is 0 Å². The van der Waals surface area contributed by atoms with Gasteiger partial charge in [-0.2, -0.15) is 0 Å². The molecule has 0 saturated heterocycles. The van der Waals surface area contributed by atoms with E-state index in [-0.39, 0.29) is 0 Å². The second-order valence-electron chi connectivity index (χ2n) is 14.2. The van der Waals surface area contributed by atoms with Gasteiger partial charge in [0.15, 0.2) is 11.6 Å². The van der Waals surface area contributed by atoms with Crippen molar-refractivity contribution in [1.82, 2.24) is 23.9 Å². The maximum absolute atomic E-state index is 6.39. The lowest BCUT2D eigenvalue weighted by Crippen LogP contribution is -2.03. The summed E-state index contributed by atoms with van der Waals surface area (Å²) in [7, 11) is 0. The molecule has 12 rings (SSSR count). The Morgan fingerprint density at radius 3 is 1.79 bits per heavy atom. The van der Waals surface area contributed by atoms with Crippen molar-refractivity contribution in [2.75, 3.05) is 0 Å². The van der Waals surface area contributed by atoms with Crippen LogP contribution in [0.3, 0.4) is 0 Å². The second kappa shape index (κ2) is 11.9. The summed E-state index contributed by atoms with van der Waals surface area (Å²) in [6.45, 7) is 0. The average Bonchev–Trinajstić information content (AvgIpc) is 4.03. The summed E-state index contributed by atoms with van der Waals surface area (Å²) in [5.41, 5.74) is 11.3. The average molecular weight is 718 g/mol. The number of hydrogen-bond acceptors (Lipinski definition) is 3. The van der Waals surface area contributed by atoms with E-state index in [0.29, 0.717) is 5.82 Å². The molecule has 262 valence electrons. The number of hydrogen-bond donors (Lipinski definition) is 0. The first-order chi connectivity index (χ1) is 27.8. The van der Waals surface area contributed by atoms with E-state index < -0.39 is 0 Å². The first-order valence-electron chi connectivity index (χ1n) is 18.8. The van der Waals surface area contributed by atoms with Crippen molar-refractivity contribution in [2.24, 2.45) is 0 Å². The van der Waals surface area contributed by atoms with E-state index in [4.69, 9.17) is 14.5 Å². The molecule has 0 saturated carbocycles. The summed E-state index contributed by atoms with van der Waals surface area (Å²) in [4.78, 5) is 5.19. The second-order valence-corrected chi connectivity index (χ2v) is 14.2. The number of benzene rings is 8. The highest BCUT2D eigenvalue weighted by atomic mass is 16.3. The van der Waals surface area contributed by atoms with Gasteiger partial charge in [-0.05, 0) is 60.7 Å². The number of fused-ring (bicyclic) bond motifs is 10. The topological polar surface area (TPSA) is 53.7 Å². The van der Waals surface area contributed by atoms with Crippen molar-refractivity contribution in [3.63, 3.8) is 0 Å². The molecule has 0 aliphatic rings. The van der Waals surface area contributed by atoms with Crippen LogP contribution in [0.4, 0.5) is 0 Å². The zero-order chi connectivity index (χ0) is 36.7. The summed E-state index contributed by atoms with van der Waals surface area (Å²) >= 11 is 0. The maximum atomic E-state index is 6.39. The van der Waals surface area contributed by atoms with Crippen molar-refractivity contribution in [1.29, 1.82) is 0 Å².